The van der Waals surface area contributed by atoms with Gasteiger partial charge in [-0.3, -0.25) is 19.4 Å². The SMILES string of the molecule is CCC[C@@H]1N(C(=O)c2cnccc2C(F)(F)F)CCC[C@]1(Oc1csc(C(F)(F)F)c1)C(=O)N1CCN(c2ccccc2OCC(=O)NC)CC1. The highest BCUT2D eigenvalue weighted by Gasteiger charge is 2.56. The second kappa shape index (κ2) is 15.4. The fourth-order valence-electron chi connectivity index (χ4n) is 6.58. The highest BCUT2D eigenvalue weighted by molar-refractivity contribution is 7.10. The van der Waals surface area contributed by atoms with Gasteiger partial charge in [-0.1, -0.05) is 25.5 Å². The molecule has 2 atom stereocenters. The fourth-order valence-corrected chi connectivity index (χ4v) is 7.25. The average Bonchev–Trinajstić information content (AvgIpc) is 3.60. The molecule has 2 aliphatic rings. The van der Waals surface area contributed by atoms with E-state index in [-0.39, 0.29) is 57.2 Å². The molecule has 10 nitrogen and oxygen atoms in total. The number of piperidine rings is 1. The number of halogens is 6. The summed E-state index contributed by atoms with van der Waals surface area (Å²) in [4.78, 5) is 48.0. The van der Waals surface area contributed by atoms with Gasteiger partial charge in [-0.15, -0.1) is 11.3 Å². The highest BCUT2D eigenvalue weighted by atomic mass is 32.1. The van der Waals surface area contributed by atoms with Gasteiger partial charge in [0.1, 0.15) is 16.4 Å². The van der Waals surface area contributed by atoms with Crippen LogP contribution in [0, 0.1) is 0 Å². The Kier molecular flexibility index (Phi) is 11.4. The molecule has 4 heterocycles. The Morgan fingerprint density at radius 2 is 1.75 bits per heavy atom. The Morgan fingerprint density at radius 1 is 1.02 bits per heavy atom. The van der Waals surface area contributed by atoms with Crippen LogP contribution in [-0.2, 0) is 21.9 Å². The number of hydrogen-bond acceptors (Lipinski definition) is 8. The summed E-state index contributed by atoms with van der Waals surface area (Å²) in [6, 6.07) is 7.45. The number of carbonyl (C=O) groups excluding carboxylic acids is 3. The number of thiophene rings is 1. The molecule has 1 N–H and O–H groups in total. The van der Waals surface area contributed by atoms with Crippen molar-refractivity contribution in [2.75, 3.05) is 51.3 Å². The number of para-hydroxylation sites is 2. The number of amides is 3. The molecule has 0 aliphatic carbocycles. The molecule has 2 fully saturated rings. The van der Waals surface area contributed by atoms with Crippen molar-refractivity contribution in [2.45, 2.75) is 56.6 Å². The molecule has 0 saturated carbocycles. The summed E-state index contributed by atoms with van der Waals surface area (Å²) in [6.45, 7) is 2.48. The number of likely N-dealkylation sites (tertiary alicyclic amines) is 1. The van der Waals surface area contributed by atoms with Crippen LogP contribution in [0.25, 0.3) is 0 Å². The van der Waals surface area contributed by atoms with Crippen molar-refractivity contribution in [3.8, 4) is 11.5 Å². The Hall–Kier alpha value is -4.54. The maximum Gasteiger partial charge on any atom is 0.425 e. The number of alkyl halides is 6. The fraction of sp³-hybridized carbons (Fsp3) is 0.471. The number of pyridine rings is 1. The lowest BCUT2D eigenvalue weighted by molar-refractivity contribution is -0.159. The quantitative estimate of drug-likeness (QED) is 0.259. The zero-order valence-electron chi connectivity index (χ0n) is 27.9. The van der Waals surface area contributed by atoms with Crippen molar-refractivity contribution in [3.63, 3.8) is 0 Å². The normalized spacial score (nSPS) is 19.8. The molecule has 51 heavy (non-hydrogen) atoms. The van der Waals surface area contributed by atoms with E-state index in [1.165, 1.54) is 16.8 Å². The number of carbonyl (C=O) groups is 3. The standard InChI is InChI=1S/C34H37F6N5O5S/c1-3-7-27-32(50-22-18-28(51-21-22)34(38,39)40,11-6-13-45(27)30(47)23-19-42-12-10-24(23)33(35,36)37)31(48)44-16-14-43(15-17-44)25-8-4-5-9-26(25)49-20-29(46)41-2/h4-5,8-10,12,18-19,21,27H,3,6-7,11,13-17,20H2,1-2H3,(H,41,46)/t27-,32+/m0/s1. The Labute approximate surface area is 294 Å². The van der Waals surface area contributed by atoms with Crippen LogP contribution in [0.4, 0.5) is 32.0 Å². The number of benzene rings is 1. The summed E-state index contributed by atoms with van der Waals surface area (Å²) >= 11 is 0.388. The molecule has 0 spiro atoms. The smallest absolute Gasteiger partial charge is 0.425 e. The molecule has 17 heteroatoms. The van der Waals surface area contributed by atoms with Gasteiger partial charge >= 0.3 is 12.4 Å². The van der Waals surface area contributed by atoms with Crippen LogP contribution in [-0.4, -0.2) is 90.5 Å². The summed E-state index contributed by atoms with van der Waals surface area (Å²) < 4.78 is 94.9. The van der Waals surface area contributed by atoms with Crippen molar-refractivity contribution in [2.24, 2.45) is 0 Å². The minimum absolute atomic E-state index is 0.00697. The number of likely N-dealkylation sites (N-methyl/N-ethyl adjacent to an activating group) is 1. The largest absolute Gasteiger partial charge is 0.482 e. The number of rotatable bonds is 10. The lowest BCUT2D eigenvalue weighted by Gasteiger charge is -2.50. The predicted molar refractivity (Wildman–Crippen MR) is 176 cm³/mol. The second-order valence-corrected chi connectivity index (χ2v) is 13.1. The van der Waals surface area contributed by atoms with Gasteiger partial charge < -0.3 is 29.5 Å². The lowest BCUT2D eigenvalue weighted by atomic mass is 9.79. The first kappa shape index (κ1) is 37.7. The number of piperazine rings is 1. The van der Waals surface area contributed by atoms with Crippen LogP contribution >= 0.6 is 11.3 Å². The molecule has 0 unspecified atom stereocenters. The van der Waals surface area contributed by atoms with Gasteiger partial charge in [0.15, 0.2) is 6.61 Å². The Bertz CT molecular complexity index is 1710. The van der Waals surface area contributed by atoms with Crippen molar-refractivity contribution < 1.29 is 50.2 Å². The maximum absolute atomic E-state index is 14.8. The molecular formula is C34H37F6N5O5S. The molecule has 0 radical (unpaired) electrons. The number of nitrogens with zero attached hydrogens (tertiary/aromatic N) is 4. The van der Waals surface area contributed by atoms with Gasteiger partial charge in [-0.05, 0) is 31.0 Å². The van der Waals surface area contributed by atoms with E-state index in [2.05, 4.69) is 10.3 Å². The first-order valence-corrected chi connectivity index (χ1v) is 17.2. The average molecular weight is 742 g/mol. The Balaban J connectivity index is 1.48. The van der Waals surface area contributed by atoms with E-state index in [1.54, 1.807) is 25.1 Å². The number of hydrogen-bond donors (Lipinski definition) is 1. The van der Waals surface area contributed by atoms with Gasteiger partial charge in [-0.25, -0.2) is 0 Å². The van der Waals surface area contributed by atoms with Crippen molar-refractivity contribution in [1.29, 1.82) is 0 Å². The molecule has 3 aromatic rings. The van der Waals surface area contributed by atoms with Gasteiger partial charge in [0, 0.05) is 70.0 Å². The summed E-state index contributed by atoms with van der Waals surface area (Å²) in [5, 5.41) is 3.63. The molecule has 5 rings (SSSR count). The predicted octanol–water partition coefficient (Wildman–Crippen LogP) is 5.88. The van der Waals surface area contributed by atoms with E-state index < -0.39 is 51.8 Å². The van der Waals surface area contributed by atoms with Crippen LogP contribution in [0.3, 0.4) is 0 Å². The van der Waals surface area contributed by atoms with Gasteiger partial charge in [0.25, 0.3) is 17.7 Å². The van der Waals surface area contributed by atoms with E-state index in [9.17, 15) is 40.7 Å². The van der Waals surface area contributed by atoms with Crippen molar-refractivity contribution in [3.05, 3.63) is 70.2 Å². The molecule has 2 saturated heterocycles. The number of ether oxygens (including phenoxy) is 2. The molecule has 0 bridgehead atoms. The number of aromatic nitrogens is 1. The summed E-state index contributed by atoms with van der Waals surface area (Å²) in [7, 11) is 1.49. The van der Waals surface area contributed by atoms with E-state index in [0.29, 0.717) is 48.4 Å². The summed E-state index contributed by atoms with van der Waals surface area (Å²) in [5.74, 6) is -1.68. The zero-order chi connectivity index (χ0) is 37.0. The van der Waals surface area contributed by atoms with Crippen LogP contribution in [0.2, 0.25) is 0 Å². The molecule has 3 amide bonds. The van der Waals surface area contributed by atoms with Gasteiger partial charge in [0.2, 0.25) is 5.60 Å². The minimum Gasteiger partial charge on any atom is -0.482 e. The third-order valence-corrected chi connectivity index (χ3v) is 9.92. The Morgan fingerprint density at radius 3 is 2.39 bits per heavy atom. The van der Waals surface area contributed by atoms with E-state index in [4.69, 9.17) is 9.47 Å². The van der Waals surface area contributed by atoms with Gasteiger partial charge in [-0.2, -0.15) is 26.3 Å². The molecule has 2 aliphatic heterocycles. The number of anilines is 1. The first-order valence-electron chi connectivity index (χ1n) is 16.3. The van der Waals surface area contributed by atoms with Crippen molar-refractivity contribution in [1.82, 2.24) is 20.1 Å². The van der Waals surface area contributed by atoms with E-state index in [1.807, 2.05) is 11.0 Å². The van der Waals surface area contributed by atoms with E-state index in [0.717, 1.165) is 23.8 Å². The molecular weight excluding hydrogens is 704 g/mol. The molecule has 1 aromatic carbocycles. The molecule has 276 valence electrons. The highest BCUT2D eigenvalue weighted by Crippen LogP contribution is 2.43. The topological polar surface area (TPSA) is 104 Å². The number of nitrogens with one attached hydrogen (secondary N) is 1. The minimum atomic E-state index is -4.87. The van der Waals surface area contributed by atoms with Crippen LogP contribution < -0.4 is 19.7 Å². The van der Waals surface area contributed by atoms with E-state index >= 15 is 0 Å². The second-order valence-electron chi connectivity index (χ2n) is 12.2. The van der Waals surface area contributed by atoms with Crippen LogP contribution in [0.15, 0.2) is 54.2 Å². The molecule has 2 aromatic heterocycles. The lowest BCUT2D eigenvalue weighted by Crippen LogP contribution is -2.69. The third-order valence-electron chi connectivity index (χ3n) is 8.97. The zero-order valence-corrected chi connectivity index (χ0v) is 28.7. The van der Waals surface area contributed by atoms with Crippen LogP contribution in [0.5, 0.6) is 11.5 Å². The third kappa shape index (κ3) is 8.18. The first-order chi connectivity index (χ1) is 24.2. The monoisotopic (exact) mass is 741 g/mol. The summed E-state index contributed by atoms with van der Waals surface area (Å²) in [6.07, 6.45) is -7.15. The van der Waals surface area contributed by atoms with Crippen LogP contribution in [0.1, 0.15) is 53.4 Å². The summed E-state index contributed by atoms with van der Waals surface area (Å²) in [5.41, 5.74) is -3.11. The van der Waals surface area contributed by atoms with Crippen molar-refractivity contribution >= 4 is 34.7 Å². The van der Waals surface area contributed by atoms with Gasteiger partial charge in [0.05, 0.1) is 22.9 Å². The maximum atomic E-state index is 14.8.